The zero-order chi connectivity index (χ0) is 10.4. The molecule has 0 heterocycles. The predicted molar refractivity (Wildman–Crippen MR) is 57.9 cm³/mol. The predicted octanol–water partition coefficient (Wildman–Crippen LogP) is 1.91. The molecule has 2 rings (SSSR count). The van der Waals surface area contributed by atoms with Gasteiger partial charge in [0.1, 0.15) is 0 Å². The summed E-state index contributed by atoms with van der Waals surface area (Å²) in [4.78, 5) is 0. The van der Waals surface area contributed by atoms with Gasteiger partial charge in [0.25, 0.3) is 0 Å². The molecule has 3 atom stereocenters. The molecule has 0 saturated heterocycles. The molecular weight excluding hydrogens is 174 g/mol. The van der Waals surface area contributed by atoms with Crippen LogP contribution in [0.5, 0.6) is 0 Å². The molecule has 0 aromatic rings. The van der Waals surface area contributed by atoms with E-state index in [1.54, 1.807) is 0 Å². The van der Waals surface area contributed by atoms with Crippen LogP contribution in [0.4, 0.5) is 0 Å². The smallest absolute Gasteiger partial charge is 0.0437 e. The first-order valence-corrected chi connectivity index (χ1v) is 5.89. The minimum absolute atomic E-state index is 0.129. The summed E-state index contributed by atoms with van der Waals surface area (Å²) in [7, 11) is 0. The van der Waals surface area contributed by atoms with Gasteiger partial charge in [0, 0.05) is 12.1 Å². The van der Waals surface area contributed by atoms with Gasteiger partial charge in [-0.05, 0) is 56.8 Å². The first-order valence-electron chi connectivity index (χ1n) is 5.89. The topological polar surface area (TPSA) is 46.2 Å². The normalized spacial score (nSPS) is 42.0. The number of hydrogen-bond acceptors (Lipinski definition) is 2. The molecular formula is C12H23NO. The number of hydrogen-bond donors (Lipinski definition) is 2. The summed E-state index contributed by atoms with van der Waals surface area (Å²) >= 11 is 0. The lowest BCUT2D eigenvalue weighted by Gasteiger charge is -2.48. The first kappa shape index (κ1) is 10.4. The van der Waals surface area contributed by atoms with Gasteiger partial charge < -0.3 is 10.8 Å². The monoisotopic (exact) mass is 197 g/mol. The SMILES string of the molecule is CC(C)(N)C1(CCO)CC2CCC1C2. The summed E-state index contributed by atoms with van der Waals surface area (Å²) in [5, 5.41) is 9.23. The second-order valence-electron chi connectivity index (χ2n) is 5.93. The molecule has 2 bridgehead atoms. The van der Waals surface area contributed by atoms with Crippen LogP contribution >= 0.6 is 0 Å². The highest BCUT2D eigenvalue weighted by Crippen LogP contribution is 2.61. The van der Waals surface area contributed by atoms with Crippen LogP contribution in [0.3, 0.4) is 0 Å². The Hall–Kier alpha value is -0.0800. The Morgan fingerprint density at radius 2 is 2.14 bits per heavy atom. The molecule has 0 aromatic carbocycles. The van der Waals surface area contributed by atoms with E-state index >= 15 is 0 Å². The minimum Gasteiger partial charge on any atom is -0.396 e. The van der Waals surface area contributed by atoms with E-state index in [0.29, 0.717) is 6.61 Å². The highest BCUT2D eigenvalue weighted by molar-refractivity contribution is 5.09. The fourth-order valence-corrected chi connectivity index (χ4v) is 4.06. The lowest BCUT2D eigenvalue weighted by molar-refractivity contribution is 0.0379. The van der Waals surface area contributed by atoms with Gasteiger partial charge >= 0.3 is 0 Å². The van der Waals surface area contributed by atoms with Crippen LogP contribution in [0, 0.1) is 17.3 Å². The second-order valence-corrected chi connectivity index (χ2v) is 5.93. The molecule has 3 N–H and O–H groups in total. The van der Waals surface area contributed by atoms with E-state index in [2.05, 4.69) is 13.8 Å². The molecule has 2 fully saturated rings. The van der Waals surface area contributed by atoms with Gasteiger partial charge in [0.2, 0.25) is 0 Å². The minimum atomic E-state index is -0.129. The molecule has 14 heavy (non-hydrogen) atoms. The van der Waals surface area contributed by atoms with Crippen LogP contribution in [0.25, 0.3) is 0 Å². The van der Waals surface area contributed by atoms with Gasteiger partial charge in [-0.1, -0.05) is 6.42 Å². The number of nitrogens with two attached hydrogens (primary N) is 1. The van der Waals surface area contributed by atoms with Crippen molar-refractivity contribution in [1.29, 1.82) is 0 Å². The molecule has 0 aromatic heterocycles. The largest absolute Gasteiger partial charge is 0.396 e. The highest BCUT2D eigenvalue weighted by atomic mass is 16.3. The summed E-state index contributed by atoms with van der Waals surface area (Å²) in [6, 6.07) is 0. The summed E-state index contributed by atoms with van der Waals surface area (Å²) < 4.78 is 0. The summed E-state index contributed by atoms with van der Waals surface area (Å²) in [5.74, 6) is 1.68. The number of rotatable bonds is 3. The van der Waals surface area contributed by atoms with Crippen molar-refractivity contribution in [2.45, 2.75) is 51.5 Å². The lowest BCUT2D eigenvalue weighted by atomic mass is 9.60. The fourth-order valence-electron chi connectivity index (χ4n) is 4.06. The number of aliphatic hydroxyl groups is 1. The highest BCUT2D eigenvalue weighted by Gasteiger charge is 2.56. The van der Waals surface area contributed by atoms with Gasteiger partial charge in [-0.15, -0.1) is 0 Å². The van der Waals surface area contributed by atoms with Crippen molar-refractivity contribution in [1.82, 2.24) is 0 Å². The van der Waals surface area contributed by atoms with E-state index in [0.717, 1.165) is 18.3 Å². The Kier molecular flexibility index (Phi) is 2.39. The average molecular weight is 197 g/mol. The van der Waals surface area contributed by atoms with E-state index in [1.807, 2.05) is 0 Å². The van der Waals surface area contributed by atoms with Crippen molar-refractivity contribution < 1.29 is 5.11 Å². The molecule has 2 aliphatic rings. The van der Waals surface area contributed by atoms with E-state index in [1.165, 1.54) is 25.7 Å². The van der Waals surface area contributed by atoms with Crippen molar-refractivity contribution >= 4 is 0 Å². The third-order valence-corrected chi connectivity index (χ3v) is 4.82. The molecule has 2 aliphatic carbocycles. The van der Waals surface area contributed by atoms with Crippen molar-refractivity contribution in [3.63, 3.8) is 0 Å². The molecule has 3 unspecified atom stereocenters. The standard InChI is InChI=1S/C12H23NO/c1-11(2,13)12(5-6-14)8-9-3-4-10(12)7-9/h9-10,14H,3-8,13H2,1-2H3. The van der Waals surface area contributed by atoms with Crippen molar-refractivity contribution in [3.05, 3.63) is 0 Å². The molecule has 0 radical (unpaired) electrons. The molecule has 0 aliphatic heterocycles. The molecule has 2 heteroatoms. The van der Waals surface area contributed by atoms with Gasteiger partial charge in [-0.3, -0.25) is 0 Å². The van der Waals surface area contributed by atoms with Gasteiger partial charge in [-0.25, -0.2) is 0 Å². The maximum absolute atomic E-state index is 9.23. The lowest BCUT2D eigenvalue weighted by Crippen LogP contribution is -2.54. The zero-order valence-corrected chi connectivity index (χ0v) is 9.42. The third kappa shape index (κ3) is 1.31. The van der Waals surface area contributed by atoms with E-state index < -0.39 is 0 Å². The van der Waals surface area contributed by atoms with Gasteiger partial charge in [0.15, 0.2) is 0 Å². The fraction of sp³-hybridized carbons (Fsp3) is 1.00. The van der Waals surface area contributed by atoms with Crippen LogP contribution in [0.2, 0.25) is 0 Å². The van der Waals surface area contributed by atoms with Gasteiger partial charge in [0.05, 0.1) is 0 Å². The summed E-state index contributed by atoms with van der Waals surface area (Å²) in [6.45, 7) is 4.58. The van der Waals surface area contributed by atoms with Crippen LogP contribution < -0.4 is 5.73 Å². The Balaban J connectivity index is 2.24. The van der Waals surface area contributed by atoms with Crippen molar-refractivity contribution in [2.24, 2.45) is 23.0 Å². The molecule has 0 amide bonds. The number of aliphatic hydroxyl groups excluding tert-OH is 1. The number of fused-ring (bicyclic) bond motifs is 2. The van der Waals surface area contributed by atoms with E-state index in [-0.39, 0.29) is 11.0 Å². The zero-order valence-electron chi connectivity index (χ0n) is 9.42. The Morgan fingerprint density at radius 3 is 2.50 bits per heavy atom. The Bertz CT molecular complexity index is 221. The maximum atomic E-state index is 9.23. The van der Waals surface area contributed by atoms with E-state index in [9.17, 15) is 5.11 Å². The molecule has 82 valence electrons. The van der Waals surface area contributed by atoms with Crippen LogP contribution in [-0.2, 0) is 0 Å². The van der Waals surface area contributed by atoms with Gasteiger partial charge in [-0.2, -0.15) is 0 Å². The quantitative estimate of drug-likeness (QED) is 0.726. The van der Waals surface area contributed by atoms with Crippen LogP contribution in [-0.4, -0.2) is 17.3 Å². The molecule has 0 spiro atoms. The molecule has 2 saturated carbocycles. The van der Waals surface area contributed by atoms with Crippen molar-refractivity contribution in [3.8, 4) is 0 Å². The maximum Gasteiger partial charge on any atom is 0.0437 e. The summed E-state index contributed by atoms with van der Waals surface area (Å²) in [5.41, 5.74) is 6.43. The average Bonchev–Trinajstić information content (AvgIpc) is 2.62. The van der Waals surface area contributed by atoms with Crippen molar-refractivity contribution in [2.75, 3.05) is 6.61 Å². The molecule has 2 nitrogen and oxygen atoms in total. The van der Waals surface area contributed by atoms with E-state index in [4.69, 9.17) is 5.73 Å². The Morgan fingerprint density at radius 1 is 1.43 bits per heavy atom. The second kappa shape index (κ2) is 3.21. The Labute approximate surface area is 86.9 Å². The van der Waals surface area contributed by atoms with Crippen LogP contribution in [0.15, 0.2) is 0 Å². The first-order chi connectivity index (χ1) is 6.49. The summed E-state index contributed by atoms with van der Waals surface area (Å²) in [6.07, 6.45) is 6.25. The third-order valence-electron chi connectivity index (χ3n) is 4.82. The van der Waals surface area contributed by atoms with Crippen LogP contribution in [0.1, 0.15) is 46.0 Å².